The van der Waals surface area contributed by atoms with Gasteiger partial charge in [0.25, 0.3) is 0 Å². The number of fused-ring (bicyclic) bond motifs is 13. The standard InChI is InChI=1S/C37H34N4O.Pt/c1-36(2)26-12-9-14-28(22-26)42-29-15-10-13-27(23-29)37(3,4)41-25-39(33-17-6-8-19-35(33)41)31-21-11-20-30(31)38-24-40(36)34-18-7-5-16-32(34)38;/h5-10,12-19,30-31H,11,20-21H2,1-4H3;/q-2;. The maximum atomic E-state index is 6.49. The van der Waals surface area contributed by atoms with Gasteiger partial charge in [0.1, 0.15) is 0 Å². The van der Waals surface area contributed by atoms with E-state index in [1.807, 2.05) is 12.1 Å². The predicted molar refractivity (Wildman–Crippen MR) is 171 cm³/mol. The van der Waals surface area contributed by atoms with Gasteiger partial charge in [-0.1, -0.05) is 0 Å². The van der Waals surface area contributed by atoms with Crippen molar-refractivity contribution in [2.75, 3.05) is 19.6 Å². The number of rotatable bonds is 0. The summed E-state index contributed by atoms with van der Waals surface area (Å²) in [6.45, 7) is 9.40. The topological polar surface area (TPSA) is 22.2 Å². The van der Waals surface area contributed by atoms with Gasteiger partial charge >= 0.3 is 263 Å². The van der Waals surface area contributed by atoms with Crippen LogP contribution in [0.4, 0.5) is 22.7 Å². The molecule has 0 N–H and O–H groups in total. The van der Waals surface area contributed by atoms with E-state index in [0.717, 1.165) is 22.6 Å². The Morgan fingerprint density at radius 1 is 0.605 bits per heavy atom. The molecule has 9 rings (SSSR count). The van der Waals surface area contributed by atoms with E-state index in [0.29, 0.717) is 12.1 Å². The van der Waals surface area contributed by atoms with Crippen LogP contribution in [0.5, 0.6) is 11.5 Å². The molecule has 0 radical (unpaired) electrons. The van der Waals surface area contributed by atoms with Crippen LogP contribution >= 0.6 is 0 Å². The number of hydrogen-bond acceptors (Lipinski definition) is 5. The summed E-state index contributed by atoms with van der Waals surface area (Å²) < 4.78 is 9.42. The average molecular weight is 746 g/mol. The molecule has 1 aliphatic carbocycles. The van der Waals surface area contributed by atoms with Gasteiger partial charge < -0.3 is 0 Å². The summed E-state index contributed by atoms with van der Waals surface area (Å²) in [6, 6.07) is 39.0. The van der Waals surface area contributed by atoms with Crippen LogP contribution in [-0.4, -0.2) is 20.4 Å². The molecule has 0 spiro atoms. The van der Waals surface area contributed by atoms with E-state index in [1.54, 1.807) is 0 Å². The van der Waals surface area contributed by atoms with Crippen LogP contribution in [0.15, 0.2) is 84.9 Å². The number of ether oxygens (including phenoxy) is 1. The van der Waals surface area contributed by atoms with Gasteiger partial charge in [-0.15, -0.1) is 0 Å². The Morgan fingerprint density at radius 2 is 1.05 bits per heavy atom. The van der Waals surface area contributed by atoms with Crippen molar-refractivity contribution >= 4 is 31.0 Å². The second-order valence-corrected chi connectivity index (χ2v) is 15.7. The Morgan fingerprint density at radius 3 is 1.51 bits per heavy atom. The first-order valence-corrected chi connectivity index (χ1v) is 17.5. The molecular formula is C37H34N4OPt-2. The Hall–Kier alpha value is -3.69. The fourth-order valence-electron chi connectivity index (χ4n) is 7.76. The molecule has 6 bridgehead atoms. The number of nitrogens with zero attached hydrogens (tertiary/aromatic N) is 4. The van der Waals surface area contributed by atoms with Crippen LogP contribution in [0.1, 0.15) is 58.1 Å². The molecule has 0 saturated heterocycles. The van der Waals surface area contributed by atoms with E-state index in [9.17, 15) is 0 Å². The summed E-state index contributed by atoms with van der Waals surface area (Å²) in [7, 11) is 0. The predicted octanol–water partition coefficient (Wildman–Crippen LogP) is 7.41. The third-order valence-corrected chi connectivity index (χ3v) is 13.0. The molecule has 43 heavy (non-hydrogen) atoms. The molecule has 5 nitrogen and oxygen atoms in total. The molecule has 4 aliphatic heterocycles. The van der Waals surface area contributed by atoms with E-state index in [2.05, 4.69) is 132 Å². The van der Waals surface area contributed by atoms with Crippen molar-refractivity contribution in [1.82, 2.24) is 0 Å². The third kappa shape index (κ3) is 3.49. The summed E-state index contributed by atoms with van der Waals surface area (Å²) in [5.41, 5.74) is 6.82. The van der Waals surface area contributed by atoms with Crippen LogP contribution in [0.3, 0.4) is 0 Å². The van der Waals surface area contributed by atoms with Crippen LogP contribution in [0.25, 0.3) is 0 Å². The summed E-state index contributed by atoms with van der Waals surface area (Å²) in [5.74, 6) is 1.44. The van der Waals surface area contributed by atoms with Gasteiger partial charge in [-0.25, -0.2) is 0 Å². The van der Waals surface area contributed by atoms with Crippen molar-refractivity contribution in [1.29, 1.82) is 0 Å². The Bertz CT molecular complexity index is 1760. The normalized spacial score (nSPS) is 23.9. The molecule has 0 amide bonds. The zero-order valence-corrected chi connectivity index (χ0v) is 27.1. The maximum absolute atomic E-state index is 6.49. The molecule has 220 valence electrons. The van der Waals surface area contributed by atoms with Crippen LogP contribution in [0.2, 0.25) is 0 Å². The Balaban J connectivity index is 1.42. The van der Waals surface area contributed by atoms with Crippen LogP contribution < -0.4 is 24.3 Å². The van der Waals surface area contributed by atoms with Crippen molar-refractivity contribution in [3.05, 3.63) is 108 Å². The average Bonchev–Trinajstić information content (AvgIpc) is 3.67. The molecule has 2 unspecified atom stereocenters. The number of benzene rings is 4. The first kappa shape index (κ1) is 25.8. The van der Waals surface area contributed by atoms with Crippen LogP contribution in [-0.2, 0) is 28.7 Å². The summed E-state index contributed by atoms with van der Waals surface area (Å²) >= 11 is -0.649. The number of anilines is 4. The molecule has 1 saturated carbocycles. The van der Waals surface area contributed by atoms with Crippen molar-refractivity contribution in [3.8, 4) is 11.5 Å². The summed E-state index contributed by atoms with van der Waals surface area (Å²) in [6.07, 6.45) is 3.63. The van der Waals surface area contributed by atoms with Crippen molar-refractivity contribution in [2.45, 2.75) is 70.1 Å². The quantitative estimate of drug-likeness (QED) is 0.175. The Labute approximate surface area is 261 Å². The number of para-hydroxylation sites is 4. The fraction of sp³-hybridized carbons (Fsp3) is 0.297. The Kier molecular flexibility index (Phi) is 5.35. The molecule has 5 aliphatic rings. The SMILES string of the molecule is CC1(C)c2[c-]c(ccc2)Oc2[c-]c(ccc2)C(C)(C)N2[C]3=[Pt]=[C]4N(c5ccccc5N41)C1CCCC1N3c1ccccc12. The number of hydrogen-bond donors (Lipinski definition) is 0. The first-order valence-electron chi connectivity index (χ1n) is 15.3. The van der Waals surface area contributed by atoms with Gasteiger partial charge in [-0.3, -0.25) is 0 Å². The van der Waals surface area contributed by atoms with Crippen molar-refractivity contribution in [2.24, 2.45) is 0 Å². The van der Waals surface area contributed by atoms with E-state index in [1.165, 1.54) is 50.3 Å². The van der Waals surface area contributed by atoms with E-state index < -0.39 is 17.6 Å². The van der Waals surface area contributed by atoms with Gasteiger partial charge in [-0.05, 0) is 0 Å². The third-order valence-electron chi connectivity index (χ3n) is 9.92. The van der Waals surface area contributed by atoms with E-state index in [4.69, 9.17) is 4.74 Å². The van der Waals surface area contributed by atoms with Gasteiger partial charge in [-0.2, -0.15) is 0 Å². The van der Waals surface area contributed by atoms with Crippen LogP contribution in [0, 0.1) is 12.1 Å². The summed E-state index contributed by atoms with van der Waals surface area (Å²) in [5, 5.41) is 0. The van der Waals surface area contributed by atoms with Gasteiger partial charge in [0, 0.05) is 0 Å². The van der Waals surface area contributed by atoms with Gasteiger partial charge in [0.2, 0.25) is 0 Å². The van der Waals surface area contributed by atoms with E-state index in [-0.39, 0.29) is 11.1 Å². The van der Waals surface area contributed by atoms with Crippen molar-refractivity contribution < 1.29 is 22.4 Å². The fourth-order valence-corrected chi connectivity index (χ4v) is 12.4. The van der Waals surface area contributed by atoms with Crippen molar-refractivity contribution in [3.63, 3.8) is 0 Å². The summed E-state index contributed by atoms with van der Waals surface area (Å²) in [4.78, 5) is 10.8. The van der Waals surface area contributed by atoms with E-state index >= 15 is 0 Å². The van der Waals surface area contributed by atoms with Gasteiger partial charge in [0.15, 0.2) is 0 Å². The molecule has 1 fully saturated rings. The zero-order valence-electron chi connectivity index (χ0n) is 24.9. The first-order chi connectivity index (χ1) is 20.8. The molecule has 4 heterocycles. The second kappa shape index (κ2) is 8.92. The molecular weight excluding hydrogens is 712 g/mol. The minimum absolute atomic E-state index is 0.356. The molecule has 4 aromatic rings. The monoisotopic (exact) mass is 745 g/mol. The van der Waals surface area contributed by atoms with Gasteiger partial charge in [0.05, 0.1) is 0 Å². The minimum atomic E-state index is -0.649. The zero-order chi connectivity index (χ0) is 29.1. The molecule has 0 aromatic heterocycles. The molecule has 4 aromatic carbocycles. The molecule has 2 atom stereocenters. The molecule has 6 heteroatoms. The second-order valence-electron chi connectivity index (χ2n) is 13.1.